The monoisotopic (exact) mass is 222 g/mol. The molecule has 1 N–H and O–H groups in total. The molecule has 0 aliphatic carbocycles. The molecule has 2 heteroatoms. The molecule has 1 aromatic rings. The standard InChI is InChI=1S/C14H22O2/c1-8(2)7-16-14-11(5)9(3)13(15)10(4)12(14)6/h8,15H,7H2,1-6H3. The van der Waals surface area contributed by atoms with E-state index < -0.39 is 0 Å². The van der Waals surface area contributed by atoms with E-state index in [4.69, 9.17) is 4.74 Å². The summed E-state index contributed by atoms with van der Waals surface area (Å²) in [7, 11) is 0. The summed E-state index contributed by atoms with van der Waals surface area (Å²) in [4.78, 5) is 0. The molecule has 0 aliphatic rings. The number of hydrogen-bond donors (Lipinski definition) is 1. The second-order valence-corrected chi connectivity index (χ2v) is 4.88. The highest BCUT2D eigenvalue weighted by molar-refractivity contribution is 5.56. The third-order valence-electron chi connectivity index (χ3n) is 3.08. The van der Waals surface area contributed by atoms with E-state index in [1.54, 1.807) is 0 Å². The summed E-state index contributed by atoms with van der Waals surface area (Å²) in [5, 5.41) is 9.91. The van der Waals surface area contributed by atoms with Crippen LogP contribution in [0.15, 0.2) is 0 Å². The van der Waals surface area contributed by atoms with Crippen LogP contribution in [-0.4, -0.2) is 11.7 Å². The lowest BCUT2D eigenvalue weighted by Crippen LogP contribution is -2.08. The molecule has 0 aliphatic heterocycles. The molecule has 0 saturated carbocycles. The van der Waals surface area contributed by atoms with E-state index in [-0.39, 0.29) is 0 Å². The van der Waals surface area contributed by atoms with Gasteiger partial charge in [-0.05, 0) is 55.9 Å². The van der Waals surface area contributed by atoms with Gasteiger partial charge in [-0.25, -0.2) is 0 Å². The SMILES string of the molecule is Cc1c(C)c(OCC(C)C)c(C)c(C)c1O. The van der Waals surface area contributed by atoms with Crippen molar-refractivity contribution >= 4 is 0 Å². The lowest BCUT2D eigenvalue weighted by Gasteiger charge is -2.18. The van der Waals surface area contributed by atoms with E-state index in [1.165, 1.54) is 0 Å². The van der Waals surface area contributed by atoms with Crippen molar-refractivity contribution in [1.82, 2.24) is 0 Å². The van der Waals surface area contributed by atoms with E-state index in [0.717, 1.165) is 28.0 Å². The summed E-state index contributed by atoms with van der Waals surface area (Å²) >= 11 is 0. The Morgan fingerprint density at radius 3 is 1.75 bits per heavy atom. The van der Waals surface area contributed by atoms with Gasteiger partial charge in [0.2, 0.25) is 0 Å². The first-order chi connectivity index (χ1) is 7.36. The van der Waals surface area contributed by atoms with Gasteiger partial charge < -0.3 is 9.84 Å². The van der Waals surface area contributed by atoms with Gasteiger partial charge in [0.25, 0.3) is 0 Å². The zero-order valence-corrected chi connectivity index (χ0v) is 11.1. The average molecular weight is 222 g/mol. The van der Waals surface area contributed by atoms with Crippen molar-refractivity contribution in [3.8, 4) is 11.5 Å². The molecule has 0 amide bonds. The van der Waals surface area contributed by atoms with Crippen LogP contribution in [0.4, 0.5) is 0 Å². The summed E-state index contributed by atoms with van der Waals surface area (Å²) in [5.74, 6) is 1.83. The summed E-state index contributed by atoms with van der Waals surface area (Å²) < 4.78 is 5.83. The Bertz CT molecular complexity index is 363. The summed E-state index contributed by atoms with van der Waals surface area (Å²) in [5.41, 5.74) is 3.92. The van der Waals surface area contributed by atoms with Crippen molar-refractivity contribution in [2.24, 2.45) is 5.92 Å². The highest BCUT2D eigenvalue weighted by Crippen LogP contribution is 2.36. The van der Waals surface area contributed by atoms with E-state index in [0.29, 0.717) is 18.3 Å². The molecule has 16 heavy (non-hydrogen) atoms. The average Bonchev–Trinajstić information content (AvgIpc) is 2.23. The maximum Gasteiger partial charge on any atom is 0.125 e. The third-order valence-corrected chi connectivity index (χ3v) is 3.08. The van der Waals surface area contributed by atoms with Crippen LogP contribution >= 0.6 is 0 Å². The molecule has 0 aromatic heterocycles. The summed E-state index contributed by atoms with van der Waals surface area (Å²) in [6.45, 7) is 12.8. The predicted molar refractivity (Wildman–Crippen MR) is 67.4 cm³/mol. The number of benzene rings is 1. The minimum Gasteiger partial charge on any atom is -0.507 e. The molecule has 2 nitrogen and oxygen atoms in total. The summed E-state index contributed by atoms with van der Waals surface area (Å²) in [6, 6.07) is 0. The van der Waals surface area contributed by atoms with Gasteiger partial charge in [-0.15, -0.1) is 0 Å². The Morgan fingerprint density at radius 2 is 1.38 bits per heavy atom. The Hall–Kier alpha value is -1.18. The topological polar surface area (TPSA) is 29.5 Å². The number of ether oxygens (including phenoxy) is 1. The van der Waals surface area contributed by atoms with Crippen molar-refractivity contribution in [3.63, 3.8) is 0 Å². The molecule has 0 atom stereocenters. The van der Waals surface area contributed by atoms with Crippen LogP contribution in [-0.2, 0) is 0 Å². The first-order valence-corrected chi connectivity index (χ1v) is 5.78. The first-order valence-electron chi connectivity index (χ1n) is 5.78. The van der Waals surface area contributed by atoms with Gasteiger partial charge >= 0.3 is 0 Å². The lowest BCUT2D eigenvalue weighted by atomic mass is 9.98. The fraction of sp³-hybridized carbons (Fsp3) is 0.571. The van der Waals surface area contributed by atoms with Crippen molar-refractivity contribution < 1.29 is 9.84 Å². The molecule has 90 valence electrons. The largest absolute Gasteiger partial charge is 0.507 e. The van der Waals surface area contributed by atoms with E-state index in [1.807, 2.05) is 27.7 Å². The smallest absolute Gasteiger partial charge is 0.125 e. The number of rotatable bonds is 3. The van der Waals surface area contributed by atoms with Gasteiger partial charge in [-0.3, -0.25) is 0 Å². The Balaban J connectivity index is 3.18. The quantitative estimate of drug-likeness (QED) is 0.845. The van der Waals surface area contributed by atoms with Crippen molar-refractivity contribution in [1.29, 1.82) is 0 Å². The zero-order valence-electron chi connectivity index (χ0n) is 11.1. The fourth-order valence-electron chi connectivity index (χ4n) is 1.72. The second kappa shape index (κ2) is 4.77. The van der Waals surface area contributed by atoms with Gasteiger partial charge in [-0.2, -0.15) is 0 Å². The van der Waals surface area contributed by atoms with Crippen LogP contribution in [0.3, 0.4) is 0 Å². The van der Waals surface area contributed by atoms with Gasteiger partial charge in [0.15, 0.2) is 0 Å². The number of aromatic hydroxyl groups is 1. The maximum atomic E-state index is 9.91. The van der Waals surface area contributed by atoms with Crippen LogP contribution in [0.2, 0.25) is 0 Å². The highest BCUT2D eigenvalue weighted by atomic mass is 16.5. The Kier molecular flexibility index (Phi) is 3.84. The molecule has 0 spiro atoms. The van der Waals surface area contributed by atoms with Crippen molar-refractivity contribution in [3.05, 3.63) is 22.3 Å². The van der Waals surface area contributed by atoms with Crippen molar-refractivity contribution in [2.45, 2.75) is 41.5 Å². The van der Waals surface area contributed by atoms with E-state index in [2.05, 4.69) is 13.8 Å². The van der Waals surface area contributed by atoms with E-state index >= 15 is 0 Å². The third kappa shape index (κ3) is 2.31. The number of phenols is 1. The number of hydrogen-bond acceptors (Lipinski definition) is 2. The molecule has 1 rings (SSSR count). The molecule has 0 saturated heterocycles. The molecule has 0 radical (unpaired) electrons. The van der Waals surface area contributed by atoms with Gasteiger partial charge in [0, 0.05) is 0 Å². The van der Waals surface area contributed by atoms with Gasteiger partial charge in [0.05, 0.1) is 6.61 Å². The summed E-state index contributed by atoms with van der Waals surface area (Å²) in [6.07, 6.45) is 0. The minimum absolute atomic E-state index is 0.395. The Labute approximate surface area is 98.3 Å². The van der Waals surface area contributed by atoms with Gasteiger partial charge in [0.1, 0.15) is 11.5 Å². The normalized spacial score (nSPS) is 10.9. The molecular formula is C14H22O2. The minimum atomic E-state index is 0.395. The van der Waals surface area contributed by atoms with E-state index in [9.17, 15) is 5.11 Å². The first kappa shape index (κ1) is 12.9. The van der Waals surface area contributed by atoms with Crippen LogP contribution in [0.5, 0.6) is 11.5 Å². The molecular weight excluding hydrogens is 200 g/mol. The lowest BCUT2D eigenvalue weighted by molar-refractivity contribution is 0.267. The second-order valence-electron chi connectivity index (χ2n) is 4.88. The molecule has 0 fully saturated rings. The fourth-order valence-corrected chi connectivity index (χ4v) is 1.72. The van der Waals surface area contributed by atoms with Crippen LogP contribution in [0.1, 0.15) is 36.1 Å². The molecule has 0 heterocycles. The highest BCUT2D eigenvalue weighted by Gasteiger charge is 2.15. The molecule has 0 unspecified atom stereocenters. The van der Waals surface area contributed by atoms with Crippen LogP contribution in [0.25, 0.3) is 0 Å². The van der Waals surface area contributed by atoms with Crippen LogP contribution in [0, 0.1) is 33.6 Å². The maximum absolute atomic E-state index is 9.91. The van der Waals surface area contributed by atoms with Crippen molar-refractivity contribution in [2.75, 3.05) is 6.61 Å². The Morgan fingerprint density at radius 1 is 0.938 bits per heavy atom. The molecule has 0 bridgehead atoms. The molecule has 1 aromatic carbocycles. The number of phenolic OH excluding ortho intramolecular Hbond substituents is 1. The van der Waals surface area contributed by atoms with Crippen LogP contribution < -0.4 is 4.74 Å². The van der Waals surface area contributed by atoms with Gasteiger partial charge in [-0.1, -0.05) is 13.8 Å². The predicted octanol–water partition coefficient (Wildman–Crippen LogP) is 3.66. The zero-order chi connectivity index (χ0) is 12.5.